The molecular weight excluding hydrogens is 319 g/mol. The Kier molecular flexibility index (Phi) is 6.99. The number of hydrogen-bond donors (Lipinski definition) is 2. The molecule has 0 spiro atoms. The number of amides is 1. The van der Waals surface area contributed by atoms with Crippen molar-refractivity contribution in [3.05, 3.63) is 22.8 Å². The van der Waals surface area contributed by atoms with Gasteiger partial charge in [-0.1, -0.05) is 11.6 Å². The standard InChI is InChI=1S/C14H15ClF3N3O/c1-2-3-4-6-19-12(22)5-7-20-13-11(15)8-10(9-21-13)14(16,17)18/h8-9H,4-7H2,1H3,(H,19,22)(H,20,21). The van der Waals surface area contributed by atoms with Gasteiger partial charge in [0.05, 0.1) is 10.6 Å². The third-order valence-electron chi connectivity index (χ3n) is 2.56. The fourth-order valence-corrected chi connectivity index (χ4v) is 1.73. The first-order valence-electron chi connectivity index (χ1n) is 6.47. The second-order valence-corrected chi connectivity index (χ2v) is 4.66. The Labute approximate surface area is 131 Å². The zero-order valence-corrected chi connectivity index (χ0v) is 12.6. The van der Waals surface area contributed by atoms with Crippen LogP contribution in [-0.4, -0.2) is 24.0 Å². The van der Waals surface area contributed by atoms with Crippen LogP contribution in [0, 0.1) is 11.8 Å². The van der Waals surface area contributed by atoms with Gasteiger partial charge in [-0.3, -0.25) is 4.79 Å². The Balaban J connectivity index is 2.41. The third kappa shape index (κ3) is 6.22. The molecule has 22 heavy (non-hydrogen) atoms. The number of anilines is 1. The van der Waals surface area contributed by atoms with Crippen LogP contribution in [-0.2, 0) is 11.0 Å². The number of alkyl halides is 3. The molecule has 1 rings (SSSR count). The molecular formula is C14H15ClF3N3O. The lowest BCUT2D eigenvalue weighted by Crippen LogP contribution is -2.26. The Bertz CT molecular complexity index is 579. The summed E-state index contributed by atoms with van der Waals surface area (Å²) < 4.78 is 37.3. The molecule has 4 nitrogen and oxygen atoms in total. The Morgan fingerprint density at radius 2 is 2.14 bits per heavy atom. The number of nitrogens with one attached hydrogen (secondary N) is 2. The number of carbonyl (C=O) groups is 1. The second-order valence-electron chi connectivity index (χ2n) is 4.26. The van der Waals surface area contributed by atoms with Crippen molar-refractivity contribution in [3.8, 4) is 11.8 Å². The van der Waals surface area contributed by atoms with Crippen LogP contribution < -0.4 is 10.6 Å². The molecule has 1 aromatic rings. The van der Waals surface area contributed by atoms with Crippen LogP contribution in [0.2, 0.25) is 5.02 Å². The molecule has 1 amide bonds. The molecule has 0 aliphatic heterocycles. The van der Waals surface area contributed by atoms with E-state index < -0.39 is 11.7 Å². The monoisotopic (exact) mass is 333 g/mol. The molecule has 0 unspecified atom stereocenters. The number of rotatable bonds is 6. The summed E-state index contributed by atoms with van der Waals surface area (Å²) in [6.07, 6.45) is -3.07. The molecule has 0 saturated heterocycles. The van der Waals surface area contributed by atoms with Crippen molar-refractivity contribution >= 4 is 23.3 Å². The SMILES string of the molecule is CC#CCCNC(=O)CCNc1ncc(C(F)(F)F)cc1Cl. The summed E-state index contributed by atoms with van der Waals surface area (Å²) in [6, 6.07) is 0.792. The molecule has 8 heteroatoms. The van der Waals surface area contributed by atoms with Crippen molar-refractivity contribution in [3.63, 3.8) is 0 Å². The lowest BCUT2D eigenvalue weighted by Gasteiger charge is -2.10. The molecule has 0 atom stereocenters. The van der Waals surface area contributed by atoms with Gasteiger partial charge < -0.3 is 10.6 Å². The van der Waals surface area contributed by atoms with Gasteiger partial charge in [-0.2, -0.15) is 13.2 Å². The average molecular weight is 334 g/mol. The second kappa shape index (κ2) is 8.49. The lowest BCUT2D eigenvalue weighted by molar-refractivity contribution is -0.137. The van der Waals surface area contributed by atoms with Gasteiger partial charge >= 0.3 is 6.18 Å². The van der Waals surface area contributed by atoms with Crippen LogP contribution in [0.1, 0.15) is 25.3 Å². The van der Waals surface area contributed by atoms with E-state index in [0.717, 1.165) is 6.07 Å². The van der Waals surface area contributed by atoms with E-state index in [1.165, 1.54) is 0 Å². The van der Waals surface area contributed by atoms with Gasteiger partial charge in [0.1, 0.15) is 5.82 Å². The fourth-order valence-electron chi connectivity index (χ4n) is 1.50. The Morgan fingerprint density at radius 3 is 2.73 bits per heavy atom. The van der Waals surface area contributed by atoms with Gasteiger partial charge in [-0.15, -0.1) is 11.8 Å². The van der Waals surface area contributed by atoms with Gasteiger partial charge in [-0.05, 0) is 13.0 Å². The van der Waals surface area contributed by atoms with Crippen molar-refractivity contribution in [2.45, 2.75) is 25.9 Å². The van der Waals surface area contributed by atoms with Crippen molar-refractivity contribution in [2.75, 3.05) is 18.4 Å². The molecule has 0 saturated carbocycles. The van der Waals surface area contributed by atoms with Gasteiger partial charge in [-0.25, -0.2) is 4.98 Å². The highest BCUT2D eigenvalue weighted by Crippen LogP contribution is 2.32. The van der Waals surface area contributed by atoms with Crippen molar-refractivity contribution in [1.82, 2.24) is 10.3 Å². The Hall–Kier alpha value is -1.94. The van der Waals surface area contributed by atoms with Gasteiger partial charge in [0.15, 0.2) is 0 Å². The highest BCUT2D eigenvalue weighted by atomic mass is 35.5. The number of pyridine rings is 1. The van der Waals surface area contributed by atoms with E-state index in [1.807, 2.05) is 0 Å². The molecule has 0 fully saturated rings. The molecule has 0 aliphatic rings. The number of halogens is 4. The number of aromatic nitrogens is 1. The zero-order valence-electron chi connectivity index (χ0n) is 11.9. The maximum atomic E-state index is 12.4. The van der Waals surface area contributed by atoms with E-state index in [4.69, 9.17) is 11.6 Å². The molecule has 0 aromatic carbocycles. The van der Waals surface area contributed by atoms with E-state index in [0.29, 0.717) is 19.2 Å². The fraction of sp³-hybridized carbons (Fsp3) is 0.429. The van der Waals surface area contributed by atoms with Crippen LogP contribution in [0.3, 0.4) is 0 Å². The topological polar surface area (TPSA) is 54.0 Å². The van der Waals surface area contributed by atoms with Crippen LogP contribution in [0.15, 0.2) is 12.3 Å². The summed E-state index contributed by atoms with van der Waals surface area (Å²) >= 11 is 5.73. The predicted octanol–water partition coefficient (Wildman–Crippen LogP) is 3.09. The van der Waals surface area contributed by atoms with Crippen molar-refractivity contribution in [1.29, 1.82) is 0 Å². The van der Waals surface area contributed by atoms with E-state index >= 15 is 0 Å². The summed E-state index contributed by atoms with van der Waals surface area (Å²) in [6.45, 7) is 2.38. The Morgan fingerprint density at radius 1 is 1.41 bits per heavy atom. The first kappa shape index (κ1) is 18.1. The van der Waals surface area contributed by atoms with E-state index in [9.17, 15) is 18.0 Å². The van der Waals surface area contributed by atoms with Crippen LogP contribution in [0.25, 0.3) is 0 Å². The maximum Gasteiger partial charge on any atom is 0.417 e. The summed E-state index contributed by atoms with van der Waals surface area (Å²) in [5.41, 5.74) is -0.919. The maximum absolute atomic E-state index is 12.4. The van der Waals surface area contributed by atoms with Gasteiger partial charge in [0.2, 0.25) is 5.91 Å². The highest BCUT2D eigenvalue weighted by Gasteiger charge is 2.31. The van der Waals surface area contributed by atoms with Crippen LogP contribution in [0.4, 0.5) is 19.0 Å². The number of hydrogen-bond acceptors (Lipinski definition) is 3. The van der Waals surface area contributed by atoms with E-state index in [-0.39, 0.29) is 29.7 Å². The first-order chi connectivity index (χ1) is 10.3. The third-order valence-corrected chi connectivity index (χ3v) is 2.85. The van der Waals surface area contributed by atoms with Gasteiger partial charge in [0.25, 0.3) is 0 Å². The van der Waals surface area contributed by atoms with E-state index in [1.54, 1.807) is 6.92 Å². The molecule has 1 aromatic heterocycles. The zero-order chi connectivity index (χ0) is 16.6. The summed E-state index contributed by atoms with van der Waals surface area (Å²) in [7, 11) is 0. The summed E-state index contributed by atoms with van der Waals surface area (Å²) in [5.74, 6) is 5.45. The van der Waals surface area contributed by atoms with Crippen molar-refractivity contribution < 1.29 is 18.0 Å². The molecule has 2 N–H and O–H groups in total. The molecule has 0 radical (unpaired) electrons. The highest BCUT2D eigenvalue weighted by molar-refractivity contribution is 6.32. The average Bonchev–Trinajstić information content (AvgIpc) is 2.44. The van der Waals surface area contributed by atoms with Gasteiger partial charge in [0, 0.05) is 32.1 Å². The largest absolute Gasteiger partial charge is 0.417 e. The quantitative estimate of drug-likeness (QED) is 0.621. The summed E-state index contributed by atoms with van der Waals surface area (Å²) in [5, 5.41) is 5.24. The normalized spacial score (nSPS) is 10.6. The lowest BCUT2D eigenvalue weighted by atomic mass is 10.2. The summed E-state index contributed by atoms with van der Waals surface area (Å²) in [4.78, 5) is 15.1. The first-order valence-corrected chi connectivity index (χ1v) is 6.85. The molecule has 0 aliphatic carbocycles. The van der Waals surface area contributed by atoms with Crippen molar-refractivity contribution in [2.24, 2.45) is 0 Å². The predicted molar refractivity (Wildman–Crippen MR) is 78.4 cm³/mol. The smallest absolute Gasteiger partial charge is 0.368 e. The molecule has 0 bridgehead atoms. The molecule has 120 valence electrons. The van der Waals surface area contributed by atoms with Crippen LogP contribution >= 0.6 is 11.6 Å². The van der Waals surface area contributed by atoms with E-state index in [2.05, 4.69) is 27.5 Å². The minimum Gasteiger partial charge on any atom is -0.368 e. The van der Waals surface area contributed by atoms with Crippen LogP contribution in [0.5, 0.6) is 0 Å². The number of nitrogens with zero attached hydrogens (tertiary/aromatic N) is 1. The minimum atomic E-state index is -4.49. The molecule has 1 heterocycles. The number of carbonyl (C=O) groups excluding carboxylic acids is 1. The minimum absolute atomic E-state index is 0.110.